The van der Waals surface area contributed by atoms with Crippen LogP contribution in [0.1, 0.15) is 30.7 Å². The number of methoxy groups -OCH3 is 1. The fourth-order valence-corrected chi connectivity index (χ4v) is 2.57. The molecule has 1 N–H and O–H groups in total. The van der Waals surface area contributed by atoms with Gasteiger partial charge in [0.05, 0.1) is 12.1 Å². The van der Waals surface area contributed by atoms with Gasteiger partial charge in [0.25, 0.3) is 0 Å². The van der Waals surface area contributed by atoms with Crippen molar-refractivity contribution < 1.29 is 4.74 Å². The standard InChI is InChI=1S/C11H19NOS/c1-4-6-9(13-3)11(12-2)10-7-5-8-14-10/h5,7-9,11-12H,4,6H2,1-3H3. The summed E-state index contributed by atoms with van der Waals surface area (Å²) < 4.78 is 5.51. The molecule has 0 aliphatic carbocycles. The van der Waals surface area contributed by atoms with E-state index in [0.717, 1.165) is 12.8 Å². The van der Waals surface area contributed by atoms with Gasteiger partial charge in [-0.2, -0.15) is 0 Å². The van der Waals surface area contributed by atoms with Crippen LogP contribution in [0.25, 0.3) is 0 Å². The highest BCUT2D eigenvalue weighted by molar-refractivity contribution is 7.10. The monoisotopic (exact) mass is 213 g/mol. The lowest BCUT2D eigenvalue weighted by Crippen LogP contribution is -2.30. The average molecular weight is 213 g/mol. The Labute approximate surface area is 90.3 Å². The number of hydrogen-bond acceptors (Lipinski definition) is 3. The van der Waals surface area contributed by atoms with Gasteiger partial charge in [-0.15, -0.1) is 11.3 Å². The van der Waals surface area contributed by atoms with Crippen molar-refractivity contribution in [3.8, 4) is 0 Å². The summed E-state index contributed by atoms with van der Waals surface area (Å²) in [6, 6.07) is 4.58. The SMILES string of the molecule is CCCC(OC)C(NC)c1cccs1. The number of nitrogens with one attached hydrogen (secondary N) is 1. The molecule has 1 aromatic heterocycles. The largest absolute Gasteiger partial charge is 0.379 e. The Morgan fingerprint density at radius 1 is 1.57 bits per heavy atom. The Morgan fingerprint density at radius 3 is 2.79 bits per heavy atom. The quantitative estimate of drug-likeness (QED) is 0.784. The molecule has 2 unspecified atom stereocenters. The van der Waals surface area contributed by atoms with Crippen LogP contribution >= 0.6 is 11.3 Å². The van der Waals surface area contributed by atoms with Gasteiger partial charge in [0.1, 0.15) is 0 Å². The van der Waals surface area contributed by atoms with E-state index >= 15 is 0 Å². The van der Waals surface area contributed by atoms with E-state index in [9.17, 15) is 0 Å². The molecule has 0 amide bonds. The van der Waals surface area contributed by atoms with Gasteiger partial charge in [-0.25, -0.2) is 0 Å². The van der Waals surface area contributed by atoms with Crippen molar-refractivity contribution in [3.63, 3.8) is 0 Å². The van der Waals surface area contributed by atoms with Crippen molar-refractivity contribution in [2.24, 2.45) is 0 Å². The summed E-state index contributed by atoms with van der Waals surface area (Å²) >= 11 is 1.78. The van der Waals surface area contributed by atoms with Gasteiger partial charge >= 0.3 is 0 Å². The minimum absolute atomic E-state index is 0.281. The third-order valence-corrected chi connectivity index (χ3v) is 3.36. The number of likely N-dealkylation sites (N-methyl/N-ethyl adjacent to an activating group) is 1. The van der Waals surface area contributed by atoms with Crippen LogP contribution in [0.3, 0.4) is 0 Å². The second kappa shape index (κ2) is 6.17. The van der Waals surface area contributed by atoms with Crippen LogP contribution in [0.15, 0.2) is 17.5 Å². The molecule has 0 aliphatic rings. The number of ether oxygens (including phenoxy) is 1. The van der Waals surface area contributed by atoms with Crippen molar-refractivity contribution in [1.82, 2.24) is 5.32 Å². The first-order valence-corrected chi connectivity index (χ1v) is 5.94. The van der Waals surface area contributed by atoms with E-state index in [1.807, 2.05) is 7.05 Å². The summed E-state index contributed by atoms with van der Waals surface area (Å²) in [6.07, 6.45) is 2.53. The Hall–Kier alpha value is -0.380. The van der Waals surface area contributed by atoms with Crippen LogP contribution in [0, 0.1) is 0 Å². The van der Waals surface area contributed by atoms with Crippen molar-refractivity contribution in [3.05, 3.63) is 22.4 Å². The fraction of sp³-hybridized carbons (Fsp3) is 0.636. The first-order valence-electron chi connectivity index (χ1n) is 5.07. The predicted octanol–water partition coefficient (Wildman–Crippen LogP) is 2.82. The van der Waals surface area contributed by atoms with E-state index in [1.165, 1.54) is 4.88 Å². The van der Waals surface area contributed by atoms with Gasteiger partial charge in [-0.05, 0) is 24.9 Å². The van der Waals surface area contributed by atoms with Crippen LogP contribution in [-0.4, -0.2) is 20.3 Å². The van der Waals surface area contributed by atoms with E-state index in [0.29, 0.717) is 6.04 Å². The summed E-state index contributed by atoms with van der Waals surface area (Å²) in [5.41, 5.74) is 0. The molecule has 0 fully saturated rings. The second-order valence-corrected chi connectivity index (χ2v) is 4.32. The molecule has 14 heavy (non-hydrogen) atoms. The molecule has 0 saturated carbocycles. The van der Waals surface area contributed by atoms with E-state index in [-0.39, 0.29) is 6.10 Å². The molecule has 2 nitrogen and oxygen atoms in total. The molecule has 3 heteroatoms. The zero-order valence-electron chi connectivity index (χ0n) is 9.12. The Kier molecular flexibility index (Phi) is 5.15. The Bertz CT molecular complexity index is 235. The highest BCUT2D eigenvalue weighted by Gasteiger charge is 2.21. The normalized spacial score (nSPS) is 15.4. The fourth-order valence-electron chi connectivity index (χ4n) is 1.68. The van der Waals surface area contributed by atoms with Crippen molar-refractivity contribution >= 4 is 11.3 Å². The molecular weight excluding hydrogens is 194 g/mol. The first-order chi connectivity index (χ1) is 6.83. The molecular formula is C11H19NOS. The summed E-state index contributed by atoms with van der Waals surface area (Å²) in [6.45, 7) is 2.19. The van der Waals surface area contributed by atoms with E-state index in [1.54, 1.807) is 18.4 Å². The van der Waals surface area contributed by atoms with E-state index in [4.69, 9.17) is 4.74 Å². The molecule has 1 heterocycles. The number of thiophene rings is 1. The lowest BCUT2D eigenvalue weighted by atomic mass is 10.1. The van der Waals surface area contributed by atoms with E-state index < -0.39 is 0 Å². The zero-order valence-corrected chi connectivity index (χ0v) is 9.93. The molecule has 0 bridgehead atoms. The third-order valence-electron chi connectivity index (χ3n) is 2.41. The molecule has 0 aromatic carbocycles. The maximum absolute atomic E-state index is 5.51. The van der Waals surface area contributed by atoms with Crippen molar-refractivity contribution in [2.75, 3.05) is 14.2 Å². The maximum Gasteiger partial charge on any atom is 0.0773 e. The molecule has 80 valence electrons. The predicted molar refractivity (Wildman–Crippen MR) is 61.8 cm³/mol. The first kappa shape index (κ1) is 11.7. The molecule has 2 atom stereocenters. The van der Waals surface area contributed by atoms with Crippen molar-refractivity contribution in [1.29, 1.82) is 0 Å². The molecule has 0 radical (unpaired) electrons. The smallest absolute Gasteiger partial charge is 0.0773 e. The highest BCUT2D eigenvalue weighted by Crippen LogP contribution is 2.25. The molecule has 1 aromatic rings. The van der Waals surface area contributed by atoms with Crippen LogP contribution < -0.4 is 5.32 Å². The van der Waals surface area contributed by atoms with Crippen molar-refractivity contribution in [2.45, 2.75) is 31.9 Å². The lowest BCUT2D eigenvalue weighted by molar-refractivity contribution is 0.0641. The second-order valence-electron chi connectivity index (χ2n) is 3.34. The summed E-state index contributed by atoms with van der Waals surface area (Å²) in [7, 11) is 3.78. The highest BCUT2D eigenvalue weighted by atomic mass is 32.1. The minimum Gasteiger partial charge on any atom is -0.379 e. The average Bonchev–Trinajstić information content (AvgIpc) is 2.71. The Balaban J connectivity index is 2.68. The van der Waals surface area contributed by atoms with Gasteiger partial charge in [0, 0.05) is 12.0 Å². The summed E-state index contributed by atoms with van der Waals surface area (Å²) in [4.78, 5) is 1.35. The van der Waals surface area contributed by atoms with Crippen LogP contribution in [-0.2, 0) is 4.74 Å². The number of rotatable bonds is 6. The molecule has 0 spiro atoms. The van der Waals surface area contributed by atoms with Crippen LogP contribution in [0.2, 0.25) is 0 Å². The topological polar surface area (TPSA) is 21.3 Å². The van der Waals surface area contributed by atoms with Crippen LogP contribution in [0.5, 0.6) is 0 Å². The maximum atomic E-state index is 5.51. The minimum atomic E-state index is 0.281. The van der Waals surface area contributed by atoms with Gasteiger partial charge in [0.2, 0.25) is 0 Å². The summed E-state index contributed by atoms with van der Waals surface area (Å²) in [5, 5.41) is 5.44. The number of hydrogen-bond donors (Lipinski definition) is 1. The zero-order chi connectivity index (χ0) is 10.4. The van der Waals surface area contributed by atoms with Gasteiger partial charge in [-0.1, -0.05) is 19.4 Å². The van der Waals surface area contributed by atoms with Gasteiger partial charge in [0.15, 0.2) is 0 Å². The third kappa shape index (κ3) is 2.80. The molecule has 0 saturated heterocycles. The molecule has 0 aliphatic heterocycles. The molecule has 1 rings (SSSR count). The Morgan fingerprint density at radius 2 is 2.36 bits per heavy atom. The van der Waals surface area contributed by atoms with Crippen LogP contribution in [0.4, 0.5) is 0 Å². The van der Waals surface area contributed by atoms with E-state index in [2.05, 4.69) is 29.8 Å². The van der Waals surface area contributed by atoms with Gasteiger partial charge in [-0.3, -0.25) is 0 Å². The summed E-state index contributed by atoms with van der Waals surface area (Å²) in [5.74, 6) is 0. The van der Waals surface area contributed by atoms with Gasteiger partial charge < -0.3 is 10.1 Å². The lowest BCUT2D eigenvalue weighted by Gasteiger charge is -2.24.